The van der Waals surface area contributed by atoms with Crippen molar-refractivity contribution in [1.29, 1.82) is 0 Å². The quantitative estimate of drug-likeness (QED) is 0.379. The monoisotopic (exact) mass is 564 g/mol. The van der Waals surface area contributed by atoms with Crippen LogP contribution in [0.4, 0.5) is 5.69 Å². The third-order valence-corrected chi connectivity index (χ3v) is 8.09. The molecule has 3 rings (SSSR count). The van der Waals surface area contributed by atoms with E-state index in [0.29, 0.717) is 5.69 Å². The van der Waals surface area contributed by atoms with Crippen LogP contribution in [0, 0.1) is 6.92 Å². The predicted molar refractivity (Wildman–Crippen MR) is 160 cm³/mol. The maximum absolute atomic E-state index is 14.2. The van der Waals surface area contributed by atoms with E-state index in [-0.39, 0.29) is 18.9 Å². The normalized spacial score (nSPS) is 12.6. The van der Waals surface area contributed by atoms with Crippen molar-refractivity contribution in [2.45, 2.75) is 52.2 Å². The molecule has 0 aliphatic carbocycles. The highest BCUT2D eigenvalue weighted by Crippen LogP contribution is 2.22. The lowest BCUT2D eigenvalue weighted by Gasteiger charge is -2.35. The van der Waals surface area contributed by atoms with Gasteiger partial charge in [0, 0.05) is 32.6 Å². The second-order valence-electron chi connectivity index (χ2n) is 11.1. The molecule has 3 aromatic rings. The number of hydrogen-bond acceptors (Lipinski definition) is 4. The number of aryl methyl sites for hydroxylation is 1. The molecule has 214 valence electrons. The minimum absolute atomic E-state index is 0.139. The molecule has 0 saturated carbocycles. The number of carbonyl (C=O) groups is 2. The summed E-state index contributed by atoms with van der Waals surface area (Å²) in [5, 5.41) is 3.03. The van der Waals surface area contributed by atoms with E-state index in [0.717, 1.165) is 25.3 Å². The fourth-order valence-electron chi connectivity index (χ4n) is 4.33. The van der Waals surface area contributed by atoms with Gasteiger partial charge >= 0.3 is 10.2 Å². The highest BCUT2D eigenvalue weighted by Gasteiger charge is 2.35. The molecule has 3 aromatic carbocycles. The average molecular weight is 565 g/mol. The Morgan fingerprint density at radius 2 is 1.43 bits per heavy atom. The van der Waals surface area contributed by atoms with Crippen molar-refractivity contribution in [2.24, 2.45) is 0 Å². The fraction of sp³-hybridized carbons (Fsp3) is 0.355. The van der Waals surface area contributed by atoms with E-state index in [9.17, 15) is 18.0 Å². The van der Waals surface area contributed by atoms with Gasteiger partial charge < -0.3 is 10.2 Å². The van der Waals surface area contributed by atoms with Gasteiger partial charge in [-0.2, -0.15) is 12.7 Å². The van der Waals surface area contributed by atoms with Crippen molar-refractivity contribution in [1.82, 2.24) is 14.5 Å². The van der Waals surface area contributed by atoms with Gasteiger partial charge in [-0.1, -0.05) is 78.4 Å². The summed E-state index contributed by atoms with van der Waals surface area (Å²) in [6.07, 6.45) is 0.270. The Hall–Kier alpha value is -3.69. The van der Waals surface area contributed by atoms with E-state index in [2.05, 4.69) is 5.32 Å². The van der Waals surface area contributed by atoms with Crippen molar-refractivity contribution >= 4 is 27.7 Å². The molecule has 0 bridgehead atoms. The predicted octanol–water partition coefficient (Wildman–Crippen LogP) is 4.16. The van der Waals surface area contributed by atoms with E-state index in [1.165, 1.54) is 19.0 Å². The van der Waals surface area contributed by atoms with Crippen molar-refractivity contribution in [2.75, 3.05) is 24.9 Å². The van der Waals surface area contributed by atoms with Crippen LogP contribution in [0.2, 0.25) is 0 Å². The first-order valence-corrected chi connectivity index (χ1v) is 14.6. The molecule has 0 heterocycles. The molecule has 1 N–H and O–H groups in total. The van der Waals surface area contributed by atoms with Crippen molar-refractivity contribution < 1.29 is 18.0 Å². The van der Waals surface area contributed by atoms with E-state index in [1.54, 1.807) is 30.3 Å². The molecule has 0 fully saturated rings. The second kappa shape index (κ2) is 13.1. The van der Waals surface area contributed by atoms with Crippen molar-refractivity contribution in [3.8, 4) is 0 Å². The standard InChI is InChI=1S/C31H40N4O4S/c1-24-14-13-17-26(20-24)22-34(28(30(37)32-31(2,3)4)21-25-15-9-7-10-16-25)29(36)23-35(40(38,39)33(5)6)27-18-11-8-12-19-27/h7-20,28H,21-23H2,1-6H3,(H,32,37). The fourth-order valence-corrected chi connectivity index (χ4v) is 5.38. The number of hydrogen-bond donors (Lipinski definition) is 1. The molecule has 0 saturated heterocycles. The molecule has 0 aromatic heterocycles. The first-order chi connectivity index (χ1) is 18.8. The summed E-state index contributed by atoms with van der Waals surface area (Å²) in [6.45, 7) is 7.29. The molecule has 0 radical (unpaired) electrons. The van der Waals surface area contributed by atoms with Gasteiger partial charge in [0.15, 0.2) is 0 Å². The number of benzene rings is 3. The lowest BCUT2D eigenvalue weighted by Crippen LogP contribution is -2.56. The minimum atomic E-state index is -4.02. The zero-order valence-electron chi connectivity index (χ0n) is 24.2. The van der Waals surface area contributed by atoms with Crippen LogP contribution in [0.25, 0.3) is 0 Å². The zero-order valence-corrected chi connectivity index (χ0v) is 25.0. The van der Waals surface area contributed by atoms with Crippen molar-refractivity contribution in [3.63, 3.8) is 0 Å². The maximum atomic E-state index is 14.2. The van der Waals surface area contributed by atoms with Gasteiger partial charge in [-0.25, -0.2) is 4.31 Å². The van der Waals surface area contributed by atoms with Crippen LogP contribution in [0.5, 0.6) is 0 Å². The van der Waals surface area contributed by atoms with Crippen LogP contribution in [0.3, 0.4) is 0 Å². The molecule has 1 atom stereocenters. The number of amides is 2. The van der Waals surface area contributed by atoms with Crippen LogP contribution in [-0.2, 0) is 32.8 Å². The number of anilines is 1. The number of carbonyl (C=O) groups excluding carboxylic acids is 2. The minimum Gasteiger partial charge on any atom is -0.350 e. The summed E-state index contributed by atoms with van der Waals surface area (Å²) < 4.78 is 28.9. The van der Waals surface area contributed by atoms with E-state index >= 15 is 0 Å². The molecule has 40 heavy (non-hydrogen) atoms. The van der Waals surface area contributed by atoms with Crippen LogP contribution in [0.1, 0.15) is 37.5 Å². The highest BCUT2D eigenvalue weighted by molar-refractivity contribution is 7.90. The van der Waals surface area contributed by atoms with E-state index in [1.807, 2.05) is 82.3 Å². The Labute approximate surface area is 238 Å². The van der Waals surface area contributed by atoms with E-state index < -0.39 is 34.2 Å². The largest absolute Gasteiger partial charge is 0.350 e. The summed E-state index contributed by atoms with van der Waals surface area (Å²) in [4.78, 5) is 29.5. The molecule has 8 nitrogen and oxygen atoms in total. The highest BCUT2D eigenvalue weighted by atomic mass is 32.2. The number of nitrogens with zero attached hydrogens (tertiary/aromatic N) is 3. The summed E-state index contributed by atoms with van der Waals surface area (Å²) in [6, 6.07) is 24.9. The van der Waals surface area contributed by atoms with Crippen LogP contribution in [-0.4, -0.2) is 61.7 Å². The van der Waals surface area contributed by atoms with Gasteiger partial charge in [0.1, 0.15) is 12.6 Å². The molecular weight excluding hydrogens is 524 g/mol. The third kappa shape index (κ3) is 8.40. The molecule has 0 spiro atoms. The van der Waals surface area contributed by atoms with Gasteiger partial charge in [0.25, 0.3) is 0 Å². The molecule has 0 aliphatic heterocycles. The van der Waals surface area contributed by atoms with Crippen LogP contribution < -0.4 is 9.62 Å². The number of nitrogens with one attached hydrogen (secondary N) is 1. The summed E-state index contributed by atoms with van der Waals surface area (Å²) in [7, 11) is -1.16. The molecule has 9 heteroatoms. The Kier molecular flexibility index (Phi) is 10.1. The summed E-state index contributed by atoms with van der Waals surface area (Å²) in [5.74, 6) is -0.792. The van der Waals surface area contributed by atoms with Gasteiger partial charge in [0.05, 0.1) is 5.69 Å². The molecular formula is C31H40N4O4S. The number of para-hydroxylation sites is 1. The summed E-state index contributed by atoms with van der Waals surface area (Å²) in [5.41, 5.74) is 2.58. The smallest absolute Gasteiger partial charge is 0.304 e. The topological polar surface area (TPSA) is 90.0 Å². The SMILES string of the molecule is Cc1cccc(CN(C(=O)CN(c2ccccc2)S(=O)(=O)N(C)C)C(Cc2ccccc2)C(=O)NC(C)(C)C)c1. The third-order valence-electron chi connectivity index (χ3n) is 6.27. The van der Waals surface area contributed by atoms with Gasteiger partial charge in [0.2, 0.25) is 11.8 Å². The maximum Gasteiger partial charge on any atom is 0.304 e. The lowest BCUT2D eigenvalue weighted by molar-refractivity contribution is -0.140. The Morgan fingerprint density at radius 3 is 1.98 bits per heavy atom. The molecule has 0 aliphatic rings. The van der Waals surface area contributed by atoms with Crippen LogP contribution >= 0.6 is 0 Å². The summed E-state index contributed by atoms with van der Waals surface area (Å²) >= 11 is 0. The Morgan fingerprint density at radius 1 is 0.850 bits per heavy atom. The lowest BCUT2D eigenvalue weighted by atomic mass is 10.0. The average Bonchev–Trinajstić information content (AvgIpc) is 2.89. The van der Waals surface area contributed by atoms with Crippen molar-refractivity contribution in [3.05, 3.63) is 102 Å². The first-order valence-electron chi connectivity index (χ1n) is 13.2. The van der Waals surface area contributed by atoms with Gasteiger partial charge in [-0.05, 0) is 51.0 Å². The molecule has 2 amide bonds. The number of rotatable bonds is 11. The van der Waals surface area contributed by atoms with Gasteiger partial charge in [-0.15, -0.1) is 0 Å². The van der Waals surface area contributed by atoms with Gasteiger partial charge in [-0.3, -0.25) is 9.59 Å². The first kappa shape index (κ1) is 30.8. The Bertz CT molecular complexity index is 1390. The Balaban J connectivity index is 2.10. The van der Waals surface area contributed by atoms with Crippen LogP contribution in [0.15, 0.2) is 84.9 Å². The molecule has 1 unspecified atom stereocenters. The zero-order chi connectivity index (χ0) is 29.5. The second-order valence-corrected chi connectivity index (χ2v) is 13.2. The van der Waals surface area contributed by atoms with E-state index in [4.69, 9.17) is 0 Å².